The summed E-state index contributed by atoms with van der Waals surface area (Å²) in [5.41, 5.74) is -0.578. The Bertz CT molecular complexity index is 775. The molecular formula is C18H26ClNO11. The van der Waals surface area contributed by atoms with E-state index in [2.05, 4.69) is 28.2 Å². The van der Waals surface area contributed by atoms with Gasteiger partial charge >= 0.3 is 11.9 Å². The van der Waals surface area contributed by atoms with Crippen molar-refractivity contribution in [2.24, 2.45) is 0 Å². The number of benzene rings is 2. The number of quaternary nitrogens is 1. The number of carboxylic acids is 2. The van der Waals surface area contributed by atoms with E-state index in [0.717, 1.165) is 28.7 Å². The summed E-state index contributed by atoms with van der Waals surface area (Å²) in [4.78, 5) is 20.6. The van der Waals surface area contributed by atoms with Crippen molar-refractivity contribution in [1.82, 2.24) is 0 Å². The predicted molar refractivity (Wildman–Crippen MR) is 104 cm³/mol. The van der Waals surface area contributed by atoms with Crippen LogP contribution in [-0.4, -0.2) is 90.9 Å². The Hall–Kier alpha value is -3.61. The van der Waals surface area contributed by atoms with Gasteiger partial charge in [-0.15, -0.1) is 0 Å². The van der Waals surface area contributed by atoms with Crippen LogP contribution in [0.5, 0.6) is 34.5 Å². The van der Waals surface area contributed by atoms with Crippen LogP contribution in [0.25, 0.3) is 0 Å². The summed E-state index contributed by atoms with van der Waals surface area (Å²) in [5.74, 6) is -6.67. The minimum atomic E-state index is -1.29. The summed E-state index contributed by atoms with van der Waals surface area (Å²) < 4.78 is 1.00. The molecule has 13 heteroatoms. The lowest BCUT2D eigenvalue weighted by Gasteiger charge is -2.14. The van der Waals surface area contributed by atoms with Crippen molar-refractivity contribution in [2.45, 2.75) is 0 Å². The maximum absolute atomic E-state index is 10.3. The topological polar surface area (TPSA) is 227 Å². The summed E-state index contributed by atoms with van der Waals surface area (Å²) in [5, 5.41) is 69.9. The fraction of sp³-hybridized carbons (Fsp3) is 0.222. The van der Waals surface area contributed by atoms with Gasteiger partial charge in [0.05, 0.1) is 39.3 Å². The van der Waals surface area contributed by atoms with Gasteiger partial charge in [0, 0.05) is 0 Å². The number of phenols is 6. The van der Waals surface area contributed by atoms with Crippen LogP contribution >= 0.6 is 0 Å². The molecule has 0 aliphatic heterocycles. The normalized spacial score (nSPS) is 9.42. The number of hydrogen-bond acceptors (Lipinski definition) is 8. The smallest absolute Gasteiger partial charge is 0.335 e. The third kappa shape index (κ3) is 11.9. The number of carbonyl (C=O) groups is 2. The zero-order valence-corrected chi connectivity index (χ0v) is 17.8. The highest BCUT2D eigenvalue weighted by Crippen LogP contribution is 2.36. The van der Waals surface area contributed by atoms with Crippen LogP contribution in [0.2, 0.25) is 0 Å². The van der Waals surface area contributed by atoms with E-state index in [0.29, 0.717) is 0 Å². The molecule has 0 saturated carbocycles. The highest BCUT2D eigenvalue weighted by molar-refractivity contribution is 5.89. The van der Waals surface area contributed by atoms with Gasteiger partial charge in [-0.05, 0) is 24.3 Å². The first-order valence-electron chi connectivity index (χ1n) is 7.80. The molecule has 0 unspecified atom stereocenters. The first-order valence-corrected chi connectivity index (χ1v) is 7.80. The van der Waals surface area contributed by atoms with Gasteiger partial charge in [-0.25, -0.2) is 9.59 Å². The second-order valence-electron chi connectivity index (χ2n) is 7.02. The van der Waals surface area contributed by atoms with Gasteiger partial charge in [0.25, 0.3) is 0 Å². The minimum absolute atomic E-state index is 0. The van der Waals surface area contributed by atoms with Gasteiger partial charge in [-0.1, -0.05) is 0 Å². The van der Waals surface area contributed by atoms with Crippen LogP contribution in [0.15, 0.2) is 24.3 Å². The molecule has 0 aromatic heterocycles. The van der Waals surface area contributed by atoms with E-state index >= 15 is 0 Å². The molecule has 0 amide bonds. The molecule has 0 spiro atoms. The van der Waals surface area contributed by atoms with Crippen LogP contribution in [0, 0.1) is 0 Å². The Balaban J connectivity index is -0.000000397. The molecule has 2 rings (SSSR count). The molecule has 10 N–H and O–H groups in total. The van der Waals surface area contributed by atoms with Crippen molar-refractivity contribution >= 4 is 11.9 Å². The fourth-order valence-electron chi connectivity index (χ4n) is 1.46. The number of halogens is 1. The SMILES string of the molecule is C[N+](C)(C)C.O.O=C(O)c1cc(O)c(O)c(O)c1.O=C(O)c1cc(O)c(O)c(O)c1.[Cl-]. The third-order valence-electron chi connectivity index (χ3n) is 2.63. The van der Waals surface area contributed by atoms with Gasteiger partial charge in [0.1, 0.15) is 0 Å². The van der Waals surface area contributed by atoms with Crippen LogP contribution in [0.4, 0.5) is 0 Å². The predicted octanol–water partition coefficient (Wildman–Crippen LogP) is -2.50. The number of nitrogens with zero attached hydrogens (tertiary/aromatic N) is 1. The molecule has 0 aliphatic carbocycles. The van der Waals surface area contributed by atoms with Crippen LogP contribution in [-0.2, 0) is 0 Å². The molecule has 0 heterocycles. The molecule has 0 fully saturated rings. The van der Waals surface area contributed by atoms with E-state index in [4.69, 9.17) is 40.9 Å². The molecule has 2 aromatic carbocycles. The zero-order chi connectivity index (χ0) is 23.1. The Morgan fingerprint density at radius 3 is 0.903 bits per heavy atom. The molecule has 2 aromatic rings. The molecule has 31 heavy (non-hydrogen) atoms. The standard InChI is InChI=1S/2C7H6O5.C4H12N.ClH.H2O/c2*8-4-1-3(7(11)12)2-5(9)6(4)10;1-5(2,3)4;;/h2*1-2,8-10H,(H,11,12);1-4H3;1H;1H2/q;;+1;;/p-1. The zero-order valence-electron chi connectivity index (χ0n) is 17.0. The fourth-order valence-corrected chi connectivity index (χ4v) is 1.46. The third-order valence-corrected chi connectivity index (χ3v) is 2.63. The van der Waals surface area contributed by atoms with E-state index in [1.165, 1.54) is 0 Å². The van der Waals surface area contributed by atoms with E-state index in [-0.39, 0.29) is 29.0 Å². The molecule has 0 bridgehead atoms. The van der Waals surface area contributed by atoms with Gasteiger partial charge < -0.3 is 63.2 Å². The van der Waals surface area contributed by atoms with Gasteiger partial charge in [-0.3, -0.25) is 0 Å². The van der Waals surface area contributed by atoms with Crippen molar-refractivity contribution in [1.29, 1.82) is 0 Å². The Labute approximate surface area is 183 Å². The number of aromatic carboxylic acids is 2. The van der Waals surface area contributed by atoms with Crippen molar-refractivity contribution in [3.8, 4) is 34.5 Å². The molecule has 176 valence electrons. The van der Waals surface area contributed by atoms with E-state index in [1.54, 1.807) is 0 Å². The molecule has 0 atom stereocenters. The number of rotatable bonds is 2. The summed E-state index contributed by atoms with van der Waals surface area (Å²) in [6.07, 6.45) is 0. The van der Waals surface area contributed by atoms with Crippen molar-refractivity contribution in [3.63, 3.8) is 0 Å². The largest absolute Gasteiger partial charge is 1.00 e. The van der Waals surface area contributed by atoms with E-state index in [9.17, 15) is 9.59 Å². The monoisotopic (exact) mass is 467 g/mol. The van der Waals surface area contributed by atoms with Crippen molar-refractivity contribution < 1.29 is 72.8 Å². The summed E-state index contributed by atoms with van der Waals surface area (Å²) in [6.45, 7) is 0. The van der Waals surface area contributed by atoms with Gasteiger partial charge in [-0.2, -0.15) is 0 Å². The van der Waals surface area contributed by atoms with Crippen LogP contribution in [0.1, 0.15) is 20.7 Å². The average molecular weight is 468 g/mol. The van der Waals surface area contributed by atoms with E-state index < -0.39 is 46.4 Å². The maximum atomic E-state index is 10.3. The molecule has 0 saturated heterocycles. The lowest BCUT2D eigenvalue weighted by Crippen LogP contribution is -3.00. The first-order chi connectivity index (χ1) is 13.0. The van der Waals surface area contributed by atoms with Crippen LogP contribution in [0.3, 0.4) is 0 Å². The Kier molecular flexibility index (Phi) is 13.3. The summed E-state index contributed by atoms with van der Waals surface area (Å²) >= 11 is 0. The van der Waals surface area contributed by atoms with Crippen molar-refractivity contribution in [2.75, 3.05) is 28.2 Å². The number of carboxylic acid groups (broad SMARTS) is 2. The molecule has 0 aliphatic rings. The molecule has 0 radical (unpaired) electrons. The van der Waals surface area contributed by atoms with E-state index in [1.807, 2.05) is 0 Å². The highest BCUT2D eigenvalue weighted by atomic mass is 35.5. The summed E-state index contributed by atoms with van der Waals surface area (Å²) in [6, 6.07) is 3.38. The second kappa shape index (κ2) is 12.8. The second-order valence-corrected chi connectivity index (χ2v) is 7.02. The highest BCUT2D eigenvalue weighted by Gasteiger charge is 2.12. The van der Waals surface area contributed by atoms with Gasteiger partial charge in [0.2, 0.25) is 0 Å². The Morgan fingerprint density at radius 2 is 0.774 bits per heavy atom. The van der Waals surface area contributed by atoms with Crippen LogP contribution < -0.4 is 12.4 Å². The number of aromatic hydroxyl groups is 6. The molecule has 12 nitrogen and oxygen atoms in total. The lowest BCUT2D eigenvalue weighted by molar-refractivity contribution is -0.849. The Morgan fingerprint density at radius 1 is 0.613 bits per heavy atom. The van der Waals surface area contributed by atoms with Crippen molar-refractivity contribution in [3.05, 3.63) is 35.4 Å². The first kappa shape index (κ1) is 32.1. The number of phenolic OH excluding ortho intramolecular Hbond substituents is 6. The summed E-state index contributed by atoms with van der Waals surface area (Å²) in [7, 11) is 8.50. The van der Waals surface area contributed by atoms with Gasteiger partial charge in [0.15, 0.2) is 34.5 Å². The minimum Gasteiger partial charge on any atom is -1.00 e. The lowest BCUT2D eigenvalue weighted by atomic mass is 10.2. The maximum Gasteiger partial charge on any atom is 0.335 e. The quantitative estimate of drug-likeness (QED) is 0.171. The molecular weight excluding hydrogens is 442 g/mol. The number of hydrogen-bond donors (Lipinski definition) is 8. The average Bonchev–Trinajstić information content (AvgIpc) is 2.55.